The molecule has 0 aliphatic carbocycles. The molecular formula is C9H14O6. The average molecular weight is 218 g/mol. The predicted octanol–water partition coefficient (Wildman–Crippen LogP) is 0.0237. The van der Waals surface area contributed by atoms with Crippen molar-refractivity contribution >= 4 is 5.97 Å². The van der Waals surface area contributed by atoms with Gasteiger partial charge >= 0.3 is 5.97 Å². The maximum absolute atomic E-state index is 10.6. The van der Waals surface area contributed by atoms with Crippen molar-refractivity contribution in [3.05, 3.63) is 11.8 Å². The highest BCUT2D eigenvalue weighted by Gasteiger charge is 2.36. The molecule has 15 heavy (non-hydrogen) atoms. The second kappa shape index (κ2) is 4.61. The zero-order valence-electron chi connectivity index (χ0n) is 8.45. The van der Waals surface area contributed by atoms with Gasteiger partial charge in [0.05, 0.1) is 6.10 Å². The molecule has 86 valence electrons. The first-order valence-corrected chi connectivity index (χ1v) is 4.54. The van der Waals surface area contributed by atoms with E-state index in [4.69, 9.17) is 14.6 Å². The number of aliphatic hydroxyl groups is 2. The second-order valence-corrected chi connectivity index (χ2v) is 3.49. The van der Waals surface area contributed by atoms with Gasteiger partial charge < -0.3 is 24.8 Å². The van der Waals surface area contributed by atoms with Crippen LogP contribution in [-0.2, 0) is 14.3 Å². The van der Waals surface area contributed by atoms with Gasteiger partial charge in [-0.1, -0.05) is 0 Å². The van der Waals surface area contributed by atoms with Crippen molar-refractivity contribution in [1.82, 2.24) is 0 Å². The first-order chi connectivity index (χ1) is 6.91. The third kappa shape index (κ3) is 2.92. The van der Waals surface area contributed by atoms with E-state index in [1.807, 2.05) is 0 Å². The molecule has 0 radical (unpaired) electrons. The number of rotatable bonds is 3. The van der Waals surface area contributed by atoms with Crippen molar-refractivity contribution < 1.29 is 29.6 Å². The lowest BCUT2D eigenvalue weighted by molar-refractivity contribution is -0.230. The van der Waals surface area contributed by atoms with Gasteiger partial charge in [-0.15, -0.1) is 0 Å². The quantitative estimate of drug-likeness (QED) is 0.618. The standard InChI is InChI=1S/C9H14O6/c1-4(2)14-9-6(11)3-5(10)7(15-9)8(12)13/h3-4,6-7,9-11H,1-2H3,(H,12,13)/t6-,7?,9+/m0/s1. The first kappa shape index (κ1) is 12.0. The zero-order chi connectivity index (χ0) is 11.6. The van der Waals surface area contributed by atoms with E-state index >= 15 is 0 Å². The highest BCUT2D eigenvalue weighted by atomic mass is 16.7. The maximum Gasteiger partial charge on any atom is 0.340 e. The van der Waals surface area contributed by atoms with Crippen LogP contribution in [0.4, 0.5) is 0 Å². The minimum absolute atomic E-state index is 0.215. The third-order valence-corrected chi connectivity index (χ3v) is 1.79. The Morgan fingerprint density at radius 2 is 2.20 bits per heavy atom. The monoisotopic (exact) mass is 218 g/mol. The minimum Gasteiger partial charge on any atom is -0.509 e. The fourth-order valence-electron chi connectivity index (χ4n) is 1.19. The second-order valence-electron chi connectivity index (χ2n) is 3.49. The summed E-state index contributed by atoms with van der Waals surface area (Å²) in [7, 11) is 0. The van der Waals surface area contributed by atoms with Crippen molar-refractivity contribution in [3.8, 4) is 0 Å². The molecule has 3 atom stereocenters. The fraction of sp³-hybridized carbons (Fsp3) is 0.667. The summed E-state index contributed by atoms with van der Waals surface area (Å²) in [4.78, 5) is 10.6. The summed E-state index contributed by atoms with van der Waals surface area (Å²) >= 11 is 0. The molecular weight excluding hydrogens is 204 g/mol. The van der Waals surface area contributed by atoms with Gasteiger partial charge in [0.25, 0.3) is 0 Å². The lowest BCUT2D eigenvalue weighted by Gasteiger charge is -2.30. The Hall–Kier alpha value is -1.11. The Bertz CT molecular complexity index is 272. The van der Waals surface area contributed by atoms with Gasteiger partial charge in [-0.2, -0.15) is 0 Å². The highest BCUT2D eigenvalue weighted by Crippen LogP contribution is 2.20. The Kier molecular flexibility index (Phi) is 3.67. The lowest BCUT2D eigenvalue weighted by atomic mass is 10.1. The van der Waals surface area contributed by atoms with Crippen LogP contribution in [-0.4, -0.2) is 45.9 Å². The van der Waals surface area contributed by atoms with Crippen molar-refractivity contribution in [2.45, 2.75) is 38.4 Å². The number of hydrogen-bond donors (Lipinski definition) is 3. The van der Waals surface area contributed by atoms with Gasteiger partial charge in [0.2, 0.25) is 6.10 Å². The summed E-state index contributed by atoms with van der Waals surface area (Å²) in [6, 6.07) is 0. The van der Waals surface area contributed by atoms with Crippen molar-refractivity contribution in [2.24, 2.45) is 0 Å². The number of ether oxygens (including phenoxy) is 2. The molecule has 0 spiro atoms. The topological polar surface area (TPSA) is 96.2 Å². The molecule has 1 rings (SSSR count). The summed E-state index contributed by atoms with van der Waals surface area (Å²) in [6.45, 7) is 3.45. The minimum atomic E-state index is -1.47. The molecule has 0 fully saturated rings. The van der Waals surface area contributed by atoms with Gasteiger partial charge in [-0.3, -0.25) is 0 Å². The van der Waals surface area contributed by atoms with Crippen LogP contribution in [0, 0.1) is 0 Å². The molecule has 6 heteroatoms. The summed E-state index contributed by atoms with van der Waals surface area (Å²) in [6.07, 6.45) is -2.91. The average Bonchev–Trinajstić information content (AvgIpc) is 2.08. The summed E-state index contributed by atoms with van der Waals surface area (Å²) in [5.74, 6) is -1.84. The van der Waals surface area contributed by atoms with Crippen molar-refractivity contribution in [1.29, 1.82) is 0 Å². The molecule has 1 aliphatic rings. The van der Waals surface area contributed by atoms with Crippen LogP contribution in [0.5, 0.6) is 0 Å². The van der Waals surface area contributed by atoms with Gasteiger partial charge in [0, 0.05) is 0 Å². The zero-order valence-corrected chi connectivity index (χ0v) is 8.45. The predicted molar refractivity (Wildman–Crippen MR) is 49.2 cm³/mol. The summed E-state index contributed by atoms with van der Waals surface area (Å²) < 4.78 is 10.0. The number of aliphatic hydroxyl groups excluding tert-OH is 2. The Balaban J connectivity index is 2.75. The van der Waals surface area contributed by atoms with Gasteiger partial charge in [-0.05, 0) is 19.9 Å². The molecule has 0 saturated carbocycles. The van der Waals surface area contributed by atoms with Crippen LogP contribution < -0.4 is 0 Å². The van der Waals surface area contributed by atoms with Crippen LogP contribution in [0.3, 0.4) is 0 Å². The van der Waals surface area contributed by atoms with E-state index in [2.05, 4.69) is 0 Å². The first-order valence-electron chi connectivity index (χ1n) is 4.54. The molecule has 1 aliphatic heterocycles. The molecule has 3 N–H and O–H groups in total. The molecule has 1 heterocycles. The molecule has 0 saturated heterocycles. The van der Waals surface area contributed by atoms with Crippen LogP contribution >= 0.6 is 0 Å². The molecule has 6 nitrogen and oxygen atoms in total. The number of aliphatic carboxylic acids is 1. The Morgan fingerprint density at radius 1 is 1.60 bits per heavy atom. The van der Waals surface area contributed by atoms with E-state index in [1.165, 1.54) is 0 Å². The summed E-state index contributed by atoms with van der Waals surface area (Å²) in [5, 5.41) is 27.3. The lowest BCUT2D eigenvalue weighted by Crippen LogP contribution is -2.43. The molecule has 0 aromatic carbocycles. The number of carboxylic acids is 1. The highest BCUT2D eigenvalue weighted by molar-refractivity contribution is 5.75. The summed E-state index contributed by atoms with van der Waals surface area (Å²) in [5.41, 5.74) is 0. The van der Waals surface area contributed by atoms with Crippen LogP contribution in [0.2, 0.25) is 0 Å². The van der Waals surface area contributed by atoms with Crippen LogP contribution in [0.25, 0.3) is 0 Å². The maximum atomic E-state index is 10.6. The smallest absolute Gasteiger partial charge is 0.340 e. The molecule has 0 aromatic rings. The third-order valence-electron chi connectivity index (χ3n) is 1.79. The van der Waals surface area contributed by atoms with Crippen LogP contribution in [0.1, 0.15) is 13.8 Å². The van der Waals surface area contributed by atoms with E-state index in [9.17, 15) is 15.0 Å². The number of hydrogen-bond acceptors (Lipinski definition) is 5. The van der Waals surface area contributed by atoms with E-state index in [0.29, 0.717) is 0 Å². The Labute approximate surface area is 86.7 Å². The van der Waals surface area contributed by atoms with E-state index in [-0.39, 0.29) is 6.10 Å². The number of carboxylic acid groups (broad SMARTS) is 1. The van der Waals surface area contributed by atoms with Crippen molar-refractivity contribution in [2.75, 3.05) is 0 Å². The Morgan fingerprint density at radius 3 is 2.67 bits per heavy atom. The van der Waals surface area contributed by atoms with E-state index < -0.39 is 30.2 Å². The molecule has 0 aromatic heterocycles. The van der Waals surface area contributed by atoms with Gasteiger partial charge in [0.15, 0.2) is 6.29 Å². The molecule has 0 amide bonds. The van der Waals surface area contributed by atoms with E-state index in [0.717, 1.165) is 6.08 Å². The van der Waals surface area contributed by atoms with Crippen LogP contribution in [0.15, 0.2) is 11.8 Å². The fourth-order valence-corrected chi connectivity index (χ4v) is 1.19. The largest absolute Gasteiger partial charge is 0.509 e. The van der Waals surface area contributed by atoms with Gasteiger partial charge in [0.1, 0.15) is 11.9 Å². The molecule has 1 unspecified atom stereocenters. The van der Waals surface area contributed by atoms with Crippen molar-refractivity contribution in [3.63, 3.8) is 0 Å². The normalized spacial score (nSPS) is 31.5. The SMILES string of the molecule is CC(C)O[C@@H]1OC(C(=O)O)C(O)=C[C@@H]1O. The van der Waals surface area contributed by atoms with Gasteiger partial charge in [-0.25, -0.2) is 4.79 Å². The molecule has 0 bridgehead atoms. The van der Waals surface area contributed by atoms with E-state index in [1.54, 1.807) is 13.8 Å². The number of carbonyl (C=O) groups is 1.